The standard InChI is InChI=1S/C11H13F2NO/c12-10-1-2-11(13)9(7-10)8-14-3-5-15-6-4-14/h1-2,7H,3-6,8H2/p+1. The van der Waals surface area contributed by atoms with Gasteiger partial charge in [-0.2, -0.15) is 0 Å². The summed E-state index contributed by atoms with van der Waals surface area (Å²) in [6.45, 7) is 3.65. The Morgan fingerprint density at radius 1 is 1.20 bits per heavy atom. The molecule has 1 aromatic carbocycles. The van der Waals surface area contributed by atoms with Crippen molar-refractivity contribution >= 4 is 0 Å². The number of quaternary nitrogens is 1. The van der Waals surface area contributed by atoms with Gasteiger partial charge in [-0.3, -0.25) is 0 Å². The second-order valence-corrected chi connectivity index (χ2v) is 3.77. The van der Waals surface area contributed by atoms with E-state index in [2.05, 4.69) is 0 Å². The van der Waals surface area contributed by atoms with Crippen LogP contribution in [-0.4, -0.2) is 26.3 Å². The van der Waals surface area contributed by atoms with Gasteiger partial charge in [0.05, 0.1) is 13.2 Å². The van der Waals surface area contributed by atoms with E-state index >= 15 is 0 Å². The average molecular weight is 214 g/mol. The Hall–Kier alpha value is -1.00. The topological polar surface area (TPSA) is 13.7 Å². The molecule has 0 aliphatic carbocycles. The summed E-state index contributed by atoms with van der Waals surface area (Å²) >= 11 is 0. The minimum absolute atomic E-state index is 0.324. The van der Waals surface area contributed by atoms with Crippen LogP contribution in [0.5, 0.6) is 0 Å². The van der Waals surface area contributed by atoms with Crippen LogP contribution in [0.2, 0.25) is 0 Å². The molecule has 0 radical (unpaired) electrons. The van der Waals surface area contributed by atoms with E-state index in [1.165, 1.54) is 17.0 Å². The summed E-state index contributed by atoms with van der Waals surface area (Å²) in [6, 6.07) is 3.61. The Balaban J connectivity index is 2.05. The molecular weight excluding hydrogens is 200 g/mol. The summed E-state index contributed by atoms with van der Waals surface area (Å²) < 4.78 is 31.4. The summed E-state index contributed by atoms with van der Waals surface area (Å²) in [7, 11) is 0. The Bertz CT molecular complexity index is 337. The van der Waals surface area contributed by atoms with Gasteiger partial charge in [-0.15, -0.1) is 0 Å². The third-order valence-corrected chi connectivity index (χ3v) is 2.65. The number of halogens is 2. The van der Waals surface area contributed by atoms with Crippen molar-refractivity contribution in [2.24, 2.45) is 0 Å². The van der Waals surface area contributed by atoms with Gasteiger partial charge in [-0.25, -0.2) is 8.78 Å². The molecule has 82 valence electrons. The molecule has 0 bridgehead atoms. The summed E-state index contributed by atoms with van der Waals surface area (Å²) in [5.41, 5.74) is 0.451. The predicted octanol–water partition coefficient (Wildman–Crippen LogP) is 0.380. The average Bonchev–Trinajstić information content (AvgIpc) is 2.25. The van der Waals surface area contributed by atoms with Crippen molar-refractivity contribution < 1.29 is 18.4 Å². The Kier molecular flexibility index (Phi) is 3.28. The molecule has 1 aliphatic heterocycles. The minimum Gasteiger partial charge on any atom is -0.370 e. The maximum Gasteiger partial charge on any atom is 0.132 e. The molecule has 1 heterocycles. The van der Waals surface area contributed by atoms with Gasteiger partial charge in [0.1, 0.15) is 31.3 Å². The molecule has 4 heteroatoms. The highest BCUT2D eigenvalue weighted by Gasteiger charge is 2.16. The zero-order valence-electron chi connectivity index (χ0n) is 8.43. The number of benzene rings is 1. The van der Waals surface area contributed by atoms with E-state index in [9.17, 15) is 8.78 Å². The molecule has 15 heavy (non-hydrogen) atoms. The van der Waals surface area contributed by atoms with E-state index in [0.29, 0.717) is 25.3 Å². The van der Waals surface area contributed by atoms with Crippen LogP contribution in [-0.2, 0) is 11.3 Å². The fraction of sp³-hybridized carbons (Fsp3) is 0.455. The van der Waals surface area contributed by atoms with E-state index in [1.807, 2.05) is 0 Å². The molecule has 0 atom stereocenters. The van der Waals surface area contributed by atoms with Crippen molar-refractivity contribution in [3.63, 3.8) is 0 Å². The molecule has 1 aliphatic rings. The van der Waals surface area contributed by atoms with Crippen molar-refractivity contribution in [2.45, 2.75) is 6.54 Å². The maximum atomic E-state index is 13.3. The third-order valence-electron chi connectivity index (χ3n) is 2.65. The lowest BCUT2D eigenvalue weighted by molar-refractivity contribution is -0.921. The molecule has 0 aromatic heterocycles. The zero-order chi connectivity index (χ0) is 10.7. The van der Waals surface area contributed by atoms with Crippen LogP contribution in [0.25, 0.3) is 0 Å². The van der Waals surface area contributed by atoms with E-state index < -0.39 is 0 Å². The van der Waals surface area contributed by atoms with E-state index in [4.69, 9.17) is 4.74 Å². The van der Waals surface area contributed by atoms with Crippen LogP contribution in [0, 0.1) is 11.6 Å². The van der Waals surface area contributed by atoms with E-state index in [0.717, 1.165) is 19.2 Å². The number of nitrogens with one attached hydrogen (secondary N) is 1. The summed E-state index contributed by atoms with van der Waals surface area (Å²) in [5, 5.41) is 0. The highest BCUT2D eigenvalue weighted by atomic mass is 19.1. The monoisotopic (exact) mass is 214 g/mol. The molecule has 0 unspecified atom stereocenters. The van der Waals surface area contributed by atoms with Crippen molar-refractivity contribution in [3.8, 4) is 0 Å². The van der Waals surface area contributed by atoms with Crippen LogP contribution in [0.3, 0.4) is 0 Å². The van der Waals surface area contributed by atoms with E-state index in [1.54, 1.807) is 0 Å². The number of rotatable bonds is 2. The van der Waals surface area contributed by atoms with Gasteiger partial charge in [-0.1, -0.05) is 0 Å². The third kappa shape index (κ3) is 2.73. The SMILES string of the molecule is Fc1ccc(F)c(C[NH+]2CCOCC2)c1. The van der Waals surface area contributed by atoms with Crippen molar-refractivity contribution in [3.05, 3.63) is 35.4 Å². The summed E-state index contributed by atoms with van der Waals surface area (Å²) in [5.74, 6) is -0.700. The van der Waals surface area contributed by atoms with Crippen molar-refractivity contribution in [1.82, 2.24) is 0 Å². The Morgan fingerprint density at radius 2 is 1.93 bits per heavy atom. The number of hydrogen-bond donors (Lipinski definition) is 1. The highest BCUT2D eigenvalue weighted by molar-refractivity contribution is 5.17. The van der Waals surface area contributed by atoms with Crippen LogP contribution < -0.4 is 4.90 Å². The fourth-order valence-electron chi connectivity index (χ4n) is 1.78. The summed E-state index contributed by atoms with van der Waals surface area (Å²) in [6.07, 6.45) is 0. The van der Waals surface area contributed by atoms with Gasteiger partial charge in [0, 0.05) is 5.56 Å². The van der Waals surface area contributed by atoms with Gasteiger partial charge in [0.15, 0.2) is 0 Å². The lowest BCUT2D eigenvalue weighted by atomic mass is 10.2. The largest absolute Gasteiger partial charge is 0.370 e. The van der Waals surface area contributed by atoms with Gasteiger partial charge in [-0.05, 0) is 18.2 Å². The Labute approximate surface area is 87.5 Å². The molecule has 1 N–H and O–H groups in total. The van der Waals surface area contributed by atoms with Gasteiger partial charge in [0.2, 0.25) is 0 Å². The number of hydrogen-bond acceptors (Lipinski definition) is 1. The first-order valence-corrected chi connectivity index (χ1v) is 5.11. The van der Waals surface area contributed by atoms with Crippen molar-refractivity contribution in [2.75, 3.05) is 26.3 Å². The summed E-state index contributed by atoms with van der Waals surface area (Å²) in [4.78, 5) is 1.24. The quantitative estimate of drug-likeness (QED) is 0.751. The van der Waals surface area contributed by atoms with Gasteiger partial charge in [0.25, 0.3) is 0 Å². The molecule has 2 nitrogen and oxygen atoms in total. The normalized spacial score (nSPS) is 18.0. The smallest absolute Gasteiger partial charge is 0.132 e. The molecule has 0 saturated carbocycles. The Morgan fingerprint density at radius 3 is 2.67 bits per heavy atom. The molecule has 2 rings (SSSR count). The first-order chi connectivity index (χ1) is 7.25. The van der Waals surface area contributed by atoms with Crippen LogP contribution in [0.4, 0.5) is 8.78 Å². The molecular formula is C11H14F2NO+. The van der Waals surface area contributed by atoms with Crippen LogP contribution >= 0.6 is 0 Å². The van der Waals surface area contributed by atoms with Gasteiger partial charge < -0.3 is 9.64 Å². The lowest BCUT2D eigenvalue weighted by Gasteiger charge is -2.23. The second kappa shape index (κ2) is 4.68. The van der Waals surface area contributed by atoms with Crippen LogP contribution in [0.1, 0.15) is 5.56 Å². The number of ether oxygens (including phenoxy) is 1. The first-order valence-electron chi connectivity index (χ1n) is 5.11. The fourth-order valence-corrected chi connectivity index (χ4v) is 1.78. The highest BCUT2D eigenvalue weighted by Crippen LogP contribution is 2.08. The molecule has 1 saturated heterocycles. The molecule has 0 amide bonds. The minimum atomic E-state index is -0.376. The first kappa shape index (κ1) is 10.5. The molecule has 1 fully saturated rings. The maximum absolute atomic E-state index is 13.3. The second-order valence-electron chi connectivity index (χ2n) is 3.77. The predicted molar refractivity (Wildman–Crippen MR) is 51.6 cm³/mol. The molecule has 1 aromatic rings. The zero-order valence-corrected chi connectivity index (χ0v) is 8.43. The lowest BCUT2D eigenvalue weighted by Crippen LogP contribution is -3.12. The van der Waals surface area contributed by atoms with E-state index in [-0.39, 0.29) is 11.6 Å². The molecule has 0 spiro atoms. The van der Waals surface area contributed by atoms with Crippen LogP contribution in [0.15, 0.2) is 18.2 Å². The number of morpholine rings is 1. The van der Waals surface area contributed by atoms with Crippen molar-refractivity contribution in [1.29, 1.82) is 0 Å². The van der Waals surface area contributed by atoms with Gasteiger partial charge >= 0.3 is 0 Å².